The molecule has 3 heterocycles. The average Bonchev–Trinajstić information content (AvgIpc) is 3.53. The highest BCUT2D eigenvalue weighted by Crippen LogP contribution is 2.34. The molecule has 0 bridgehead atoms. The number of aromatic nitrogens is 1. The third-order valence-electron chi connectivity index (χ3n) is 5.47. The van der Waals surface area contributed by atoms with E-state index >= 15 is 0 Å². The predicted molar refractivity (Wildman–Crippen MR) is 125 cm³/mol. The van der Waals surface area contributed by atoms with Crippen LogP contribution >= 0.6 is 11.6 Å². The van der Waals surface area contributed by atoms with Gasteiger partial charge < -0.3 is 9.15 Å². The number of carbonyl (C=O) groups excluding carboxylic acids is 1. The summed E-state index contributed by atoms with van der Waals surface area (Å²) in [7, 11) is 0. The number of hydrogen-bond donors (Lipinski definition) is 0. The Kier molecular flexibility index (Phi) is 5.69. The fraction of sp³-hybridized carbons (Fsp3) is 0.125. The molecule has 0 saturated carbocycles. The summed E-state index contributed by atoms with van der Waals surface area (Å²) in [5.41, 5.74) is 1.78. The van der Waals surface area contributed by atoms with Crippen molar-refractivity contribution >= 4 is 39.8 Å². The Labute approximate surface area is 198 Å². The van der Waals surface area contributed by atoms with Gasteiger partial charge in [-0.05, 0) is 48.0 Å². The molecule has 0 N–H and O–H groups in total. The Morgan fingerprint density at radius 2 is 2.00 bits per heavy atom. The number of rotatable bonds is 6. The number of non-ortho nitro benzene ring substituents is 1. The number of nitro benzene ring substituents is 1. The van der Waals surface area contributed by atoms with Crippen molar-refractivity contribution in [3.8, 4) is 5.75 Å². The Balaban J connectivity index is 1.41. The van der Waals surface area contributed by atoms with Crippen LogP contribution in [-0.2, 0) is 4.79 Å². The highest BCUT2D eigenvalue weighted by atomic mass is 35.5. The first-order valence-electron chi connectivity index (χ1n) is 10.3. The Hall–Kier alpha value is -4.24. The van der Waals surface area contributed by atoms with Crippen molar-refractivity contribution in [3.05, 3.63) is 99.6 Å². The summed E-state index contributed by atoms with van der Waals surface area (Å²) in [6, 6.07) is 16.3. The molecule has 0 unspecified atom stereocenters. The zero-order chi connectivity index (χ0) is 23.7. The molecule has 1 amide bonds. The van der Waals surface area contributed by atoms with Crippen molar-refractivity contribution in [1.29, 1.82) is 0 Å². The second kappa shape index (κ2) is 8.95. The molecule has 0 aliphatic carbocycles. The van der Waals surface area contributed by atoms with Gasteiger partial charge in [-0.1, -0.05) is 23.7 Å². The van der Waals surface area contributed by atoms with Crippen molar-refractivity contribution in [2.75, 3.05) is 6.61 Å². The number of fused-ring (bicyclic) bond motifs is 1. The van der Waals surface area contributed by atoms with Crippen LogP contribution in [0, 0.1) is 10.1 Å². The number of furan rings is 1. The van der Waals surface area contributed by atoms with Crippen LogP contribution in [0.15, 0.2) is 82.6 Å². The second-order valence-electron chi connectivity index (χ2n) is 7.56. The van der Waals surface area contributed by atoms with Gasteiger partial charge in [-0.25, -0.2) is 5.01 Å². The molecule has 2 aromatic carbocycles. The number of benzene rings is 2. The molecular weight excluding hydrogens is 460 g/mol. The van der Waals surface area contributed by atoms with Gasteiger partial charge in [-0.3, -0.25) is 19.9 Å². The van der Waals surface area contributed by atoms with Crippen molar-refractivity contribution in [2.24, 2.45) is 5.10 Å². The van der Waals surface area contributed by atoms with Crippen LogP contribution < -0.4 is 4.74 Å². The number of ether oxygens (including phenoxy) is 1. The third kappa shape index (κ3) is 4.08. The van der Waals surface area contributed by atoms with Crippen molar-refractivity contribution in [3.63, 3.8) is 0 Å². The number of carbonyl (C=O) groups is 1. The number of halogens is 1. The molecule has 5 rings (SSSR count). The minimum absolute atomic E-state index is 0.0867. The zero-order valence-corrected chi connectivity index (χ0v) is 18.4. The lowest BCUT2D eigenvalue weighted by Gasteiger charge is -2.20. The molecule has 0 spiro atoms. The lowest BCUT2D eigenvalue weighted by molar-refractivity contribution is -0.383. The van der Waals surface area contributed by atoms with E-state index in [1.165, 1.54) is 23.3 Å². The van der Waals surface area contributed by atoms with Gasteiger partial charge in [0.05, 0.1) is 22.3 Å². The molecule has 1 aliphatic rings. The Morgan fingerprint density at radius 1 is 1.18 bits per heavy atom. The van der Waals surface area contributed by atoms with Gasteiger partial charge in [0.2, 0.25) is 0 Å². The smallest absolute Gasteiger partial charge is 0.281 e. The van der Waals surface area contributed by atoms with Crippen LogP contribution in [0.5, 0.6) is 5.75 Å². The van der Waals surface area contributed by atoms with E-state index in [4.69, 9.17) is 20.8 Å². The third-order valence-corrected chi connectivity index (χ3v) is 5.72. The molecule has 0 fully saturated rings. The maximum atomic E-state index is 13.2. The highest BCUT2D eigenvalue weighted by Gasteiger charge is 2.35. The molecule has 10 heteroatoms. The first kappa shape index (κ1) is 21.6. The maximum absolute atomic E-state index is 13.2. The van der Waals surface area contributed by atoms with E-state index in [1.807, 2.05) is 12.1 Å². The first-order chi connectivity index (χ1) is 16.5. The van der Waals surface area contributed by atoms with E-state index in [1.54, 1.807) is 42.7 Å². The molecule has 34 heavy (non-hydrogen) atoms. The van der Waals surface area contributed by atoms with E-state index in [2.05, 4.69) is 10.1 Å². The minimum Gasteiger partial charge on any atom is -0.481 e. The van der Waals surface area contributed by atoms with Crippen molar-refractivity contribution in [2.45, 2.75) is 12.5 Å². The Bertz CT molecular complexity index is 1400. The molecule has 170 valence electrons. The maximum Gasteiger partial charge on any atom is 0.281 e. The molecule has 2 aromatic heterocycles. The van der Waals surface area contributed by atoms with Gasteiger partial charge in [0.1, 0.15) is 23.1 Å². The van der Waals surface area contributed by atoms with Crippen LogP contribution in [0.1, 0.15) is 23.8 Å². The van der Waals surface area contributed by atoms with Gasteiger partial charge >= 0.3 is 0 Å². The normalized spacial score (nSPS) is 15.4. The fourth-order valence-corrected chi connectivity index (χ4v) is 4.00. The zero-order valence-electron chi connectivity index (χ0n) is 17.6. The molecule has 1 aliphatic heterocycles. The standard InChI is InChI=1S/C24H17ClN4O5/c25-16-7-5-15(6-8-16)18-13-20(21-4-2-12-33-21)28(27-18)23(30)14-34-22-10-9-19(29(31)32)17-3-1-11-26-24(17)22/h1-12,20H,13-14H2/t20-/m0/s1. The number of hydrogen-bond acceptors (Lipinski definition) is 7. The molecule has 9 nitrogen and oxygen atoms in total. The molecule has 4 aromatic rings. The highest BCUT2D eigenvalue weighted by molar-refractivity contribution is 6.30. The summed E-state index contributed by atoms with van der Waals surface area (Å²) in [6.45, 7) is -0.335. The van der Waals surface area contributed by atoms with Crippen LogP contribution in [0.25, 0.3) is 10.9 Å². The van der Waals surface area contributed by atoms with Gasteiger partial charge in [0, 0.05) is 23.7 Å². The monoisotopic (exact) mass is 476 g/mol. The van der Waals surface area contributed by atoms with Crippen LogP contribution in [-0.4, -0.2) is 33.1 Å². The van der Waals surface area contributed by atoms with Crippen molar-refractivity contribution in [1.82, 2.24) is 9.99 Å². The van der Waals surface area contributed by atoms with Crippen LogP contribution in [0.4, 0.5) is 5.69 Å². The SMILES string of the molecule is O=C(COc1ccc([N+](=O)[O-])c2cccnc12)N1N=C(c2ccc(Cl)cc2)C[C@H]1c1ccco1. The second-order valence-corrected chi connectivity index (χ2v) is 7.99. The average molecular weight is 477 g/mol. The summed E-state index contributed by atoms with van der Waals surface area (Å²) in [5, 5.41) is 18.2. The molecule has 1 atom stereocenters. The molecular formula is C24H17ClN4O5. The first-order valence-corrected chi connectivity index (χ1v) is 10.7. The number of pyridine rings is 1. The van der Waals surface area contributed by atoms with E-state index in [0.29, 0.717) is 33.8 Å². The van der Waals surface area contributed by atoms with Gasteiger partial charge in [-0.15, -0.1) is 0 Å². The summed E-state index contributed by atoms with van der Waals surface area (Å²) >= 11 is 6.00. The number of hydrazone groups is 1. The predicted octanol–water partition coefficient (Wildman–Crippen LogP) is 5.15. The number of nitro groups is 1. The van der Waals surface area contributed by atoms with Gasteiger partial charge in [0.15, 0.2) is 6.61 Å². The number of amides is 1. The molecule has 0 saturated heterocycles. The summed E-state index contributed by atoms with van der Waals surface area (Å²) in [5.74, 6) is 0.474. The van der Waals surface area contributed by atoms with Crippen LogP contribution in [0.2, 0.25) is 5.02 Å². The van der Waals surface area contributed by atoms with Gasteiger partial charge in [-0.2, -0.15) is 5.10 Å². The fourth-order valence-electron chi connectivity index (χ4n) is 3.87. The largest absolute Gasteiger partial charge is 0.481 e. The summed E-state index contributed by atoms with van der Waals surface area (Å²) in [6.07, 6.45) is 3.52. The summed E-state index contributed by atoms with van der Waals surface area (Å²) < 4.78 is 11.3. The quantitative estimate of drug-likeness (QED) is 0.281. The lowest BCUT2D eigenvalue weighted by atomic mass is 10.0. The lowest BCUT2D eigenvalue weighted by Crippen LogP contribution is -2.31. The molecule has 0 radical (unpaired) electrons. The van der Waals surface area contributed by atoms with Crippen molar-refractivity contribution < 1.29 is 18.9 Å². The van der Waals surface area contributed by atoms with Crippen LogP contribution in [0.3, 0.4) is 0 Å². The van der Waals surface area contributed by atoms with Gasteiger partial charge in [0.25, 0.3) is 11.6 Å². The van der Waals surface area contributed by atoms with E-state index in [-0.39, 0.29) is 18.0 Å². The minimum atomic E-state index is -0.482. The van der Waals surface area contributed by atoms with E-state index in [9.17, 15) is 14.9 Å². The van der Waals surface area contributed by atoms with E-state index < -0.39 is 16.9 Å². The van der Waals surface area contributed by atoms with E-state index in [0.717, 1.165) is 5.56 Å². The topological polar surface area (TPSA) is 111 Å². The Morgan fingerprint density at radius 3 is 2.74 bits per heavy atom. The summed E-state index contributed by atoms with van der Waals surface area (Å²) in [4.78, 5) is 28.2. The number of nitrogens with zero attached hydrogens (tertiary/aromatic N) is 4.